The Balaban J connectivity index is 4.31. The van der Waals surface area contributed by atoms with E-state index in [1.165, 1.54) is 4.90 Å². The van der Waals surface area contributed by atoms with Crippen molar-refractivity contribution in [2.24, 2.45) is 0 Å². The van der Waals surface area contributed by atoms with E-state index in [0.29, 0.717) is 0 Å². The van der Waals surface area contributed by atoms with Crippen LogP contribution in [0.1, 0.15) is 6.42 Å². The van der Waals surface area contributed by atoms with Crippen molar-refractivity contribution in [3.05, 3.63) is 0 Å². The summed E-state index contributed by atoms with van der Waals surface area (Å²) in [6.07, 6.45) is -0.198. The van der Waals surface area contributed by atoms with Crippen LogP contribution >= 0.6 is 0 Å². The molecule has 0 aromatic carbocycles. The molecule has 0 rings (SSSR count). The zero-order valence-corrected chi connectivity index (χ0v) is 6.00. The summed E-state index contributed by atoms with van der Waals surface area (Å²) in [4.78, 5) is 1.30. The van der Waals surface area contributed by atoms with Crippen LogP contribution in [0.4, 0.5) is 0 Å². The highest BCUT2D eigenvalue weighted by atomic mass is 16.3. The highest BCUT2D eigenvalue weighted by molar-refractivity contribution is 5.02. The van der Waals surface area contributed by atoms with Gasteiger partial charge >= 0.3 is 0 Å². The van der Waals surface area contributed by atoms with Gasteiger partial charge in [0.15, 0.2) is 0 Å². The second-order valence-electron chi connectivity index (χ2n) is 2.16. The van der Waals surface area contributed by atoms with Crippen LogP contribution in [0.5, 0.6) is 0 Å². The molecule has 0 aromatic rings. The molecule has 0 aromatic heterocycles. The zero-order valence-electron chi connectivity index (χ0n) is 6.00. The Labute approximate surface area is 59.9 Å². The summed E-state index contributed by atoms with van der Waals surface area (Å²) in [7, 11) is 3.08. The zero-order chi connectivity index (χ0) is 8.20. The average molecular weight is 139 g/mol. The molecule has 0 aliphatic heterocycles. The number of aliphatic hydroxyl groups is 1. The van der Waals surface area contributed by atoms with Gasteiger partial charge in [-0.15, -0.1) is 0 Å². The molecule has 1 N–H and O–H groups in total. The van der Waals surface area contributed by atoms with Gasteiger partial charge in [0.1, 0.15) is 6.07 Å². The van der Waals surface area contributed by atoms with Gasteiger partial charge in [-0.25, -0.2) is 0 Å². The van der Waals surface area contributed by atoms with E-state index in [9.17, 15) is 5.11 Å². The smallest absolute Gasteiger partial charge is 0.220 e. The molecule has 1 atom stereocenters. The molecule has 0 bridgehead atoms. The van der Waals surface area contributed by atoms with Gasteiger partial charge in [0.05, 0.1) is 12.5 Å². The minimum absolute atomic E-state index is 0.198. The molecular weight excluding hydrogens is 130 g/mol. The normalized spacial score (nSPS) is 15.4. The monoisotopic (exact) mass is 139 g/mol. The minimum atomic E-state index is -1.63. The molecule has 0 spiro atoms. The van der Waals surface area contributed by atoms with Crippen molar-refractivity contribution >= 4 is 0 Å². The van der Waals surface area contributed by atoms with Gasteiger partial charge in [0.25, 0.3) is 0 Å². The summed E-state index contributed by atoms with van der Waals surface area (Å²) >= 11 is 0. The highest BCUT2D eigenvalue weighted by Gasteiger charge is 2.28. The van der Waals surface area contributed by atoms with Gasteiger partial charge in [-0.3, -0.25) is 4.90 Å². The van der Waals surface area contributed by atoms with Crippen LogP contribution in [0.25, 0.3) is 0 Å². The van der Waals surface area contributed by atoms with Crippen LogP contribution in [-0.2, 0) is 0 Å². The lowest BCUT2D eigenvalue weighted by Crippen LogP contribution is -2.42. The molecule has 0 saturated carbocycles. The van der Waals surface area contributed by atoms with E-state index < -0.39 is 5.72 Å². The van der Waals surface area contributed by atoms with Crippen molar-refractivity contribution in [2.75, 3.05) is 14.1 Å². The second-order valence-corrected chi connectivity index (χ2v) is 2.16. The topological polar surface area (TPSA) is 71.0 Å². The number of nitriles is 2. The maximum atomic E-state index is 9.24. The predicted octanol–water partition coefficient (Wildman–Crippen LogP) is -0.326. The predicted molar refractivity (Wildman–Crippen MR) is 34.5 cm³/mol. The summed E-state index contributed by atoms with van der Waals surface area (Å²) < 4.78 is 0. The molecule has 0 saturated heterocycles. The number of rotatable bonds is 2. The average Bonchev–Trinajstić information content (AvgIpc) is 1.88. The van der Waals surface area contributed by atoms with Crippen molar-refractivity contribution in [3.8, 4) is 12.1 Å². The molecule has 0 heterocycles. The molecule has 10 heavy (non-hydrogen) atoms. The fraction of sp³-hybridized carbons (Fsp3) is 0.667. The van der Waals surface area contributed by atoms with Crippen LogP contribution in [0, 0.1) is 22.7 Å². The van der Waals surface area contributed by atoms with E-state index in [-0.39, 0.29) is 6.42 Å². The molecular formula is C6H9N3O. The van der Waals surface area contributed by atoms with Crippen molar-refractivity contribution in [2.45, 2.75) is 12.1 Å². The Morgan fingerprint density at radius 3 is 2.10 bits per heavy atom. The largest absolute Gasteiger partial charge is 0.363 e. The first-order valence-electron chi connectivity index (χ1n) is 2.75. The van der Waals surface area contributed by atoms with Gasteiger partial charge in [-0.1, -0.05) is 0 Å². The Morgan fingerprint density at radius 2 is 2.00 bits per heavy atom. The quantitative estimate of drug-likeness (QED) is 0.420. The molecule has 4 nitrogen and oxygen atoms in total. The molecule has 4 heteroatoms. The summed E-state index contributed by atoms with van der Waals surface area (Å²) in [5.41, 5.74) is -1.63. The van der Waals surface area contributed by atoms with E-state index in [1.807, 2.05) is 0 Å². The van der Waals surface area contributed by atoms with E-state index >= 15 is 0 Å². The summed E-state index contributed by atoms with van der Waals surface area (Å²) in [6.45, 7) is 0. The number of hydrogen-bond acceptors (Lipinski definition) is 4. The lowest BCUT2D eigenvalue weighted by Gasteiger charge is -2.24. The minimum Gasteiger partial charge on any atom is -0.363 e. The standard InChI is InChI=1S/C6H9N3O/c1-9(2)6(10,5-8)3-4-7/h10H,3H2,1-2H3. The molecule has 0 radical (unpaired) electrons. The second kappa shape index (κ2) is 3.17. The van der Waals surface area contributed by atoms with Crippen LogP contribution in [0.2, 0.25) is 0 Å². The van der Waals surface area contributed by atoms with Gasteiger partial charge in [0, 0.05) is 0 Å². The maximum absolute atomic E-state index is 9.24. The Kier molecular flexibility index (Phi) is 2.82. The lowest BCUT2D eigenvalue weighted by atomic mass is 10.1. The van der Waals surface area contributed by atoms with Gasteiger partial charge in [0.2, 0.25) is 5.72 Å². The summed E-state index contributed by atoms with van der Waals surface area (Å²) in [5.74, 6) is 0. The van der Waals surface area contributed by atoms with Gasteiger partial charge < -0.3 is 5.11 Å². The van der Waals surface area contributed by atoms with E-state index in [0.717, 1.165) is 0 Å². The number of nitrogens with zero attached hydrogens (tertiary/aromatic N) is 3. The molecule has 1 unspecified atom stereocenters. The third kappa shape index (κ3) is 1.70. The third-order valence-corrected chi connectivity index (χ3v) is 1.24. The number of hydrogen-bond donors (Lipinski definition) is 1. The molecule has 0 aliphatic carbocycles. The Bertz CT molecular complexity index is 188. The SMILES string of the molecule is CN(C)C(O)(C#N)CC#N. The van der Waals surface area contributed by atoms with Crippen LogP contribution in [0.15, 0.2) is 0 Å². The Morgan fingerprint density at radius 1 is 1.50 bits per heavy atom. The van der Waals surface area contributed by atoms with Crippen molar-refractivity contribution in [1.82, 2.24) is 4.90 Å². The molecule has 0 fully saturated rings. The first kappa shape index (κ1) is 8.90. The fourth-order valence-electron chi connectivity index (χ4n) is 0.408. The first-order valence-corrected chi connectivity index (χ1v) is 2.75. The van der Waals surface area contributed by atoms with E-state index in [1.54, 1.807) is 26.2 Å². The summed E-state index contributed by atoms with van der Waals surface area (Å²) in [5, 5.41) is 25.8. The van der Waals surface area contributed by atoms with Crippen LogP contribution in [-0.4, -0.2) is 29.8 Å². The molecule has 0 aliphatic rings. The van der Waals surface area contributed by atoms with Gasteiger partial charge in [-0.05, 0) is 14.1 Å². The van der Waals surface area contributed by atoms with Crippen LogP contribution in [0.3, 0.4) is 0 Å². The third-order valence-electron chi connectivity index (χ3n) is 1.24. The van der Waals surface area contributed by atoms with E-state index in [2.05, 4.69) is 0 Å². The molecule has 54 valence electrons. The fourth-order valence-corrected chi connectivity index (χ4v) is 0.408. The first-order chi connectivity index (χ1) is 4.56. The highest BCUT2D eigenvalue weighted by Crippen LogP contribution is 2.09. The van der Waals surface area contributed by atoms with Crippen molar-refractivity contribution in [1.29, 1.82) is 10.5 Å². The lowest BCUT2D eigenvalue weighted by molar-refractivity contribution is -0.0259. The van der Waals surface area contributed by atoms with Crippen LogP contribution < -0.4 is 0 Å². The van der Waals surface area contributed by atoms with E-state index in [4.69, 9.17) is 10.5 Å². The van der Waals surface area contributed by atoms with Gasteiger partial charge in [-0.2, -0.15) is 10.5 Å². The van der Waals surface area contributed by atoms with Crippen molar-refractivity contribution < 1.29 is 5.11 Å². The maximum Gasteiger partial charge on any atom is 0.220 e. The van der Waals surface area contributed by atoms with Crippen molar-refractivity contribution in [3.63, 3.8) is 0 Å². The molecule has 0 amide bonds. The summed E-state index contributed by atoms with van der Waals surface area (Å²) in [6, 6.07) is 3.36. The Hall–Kier alpha value is -1.10.